The van der Waals surface area contributed by atoms with Crippen LogP contribution in [0.4, 0.5) is 10.5 Å². The van der Waals surface area contributed by atoms with Gasteiger partial charge in [-0.3, -0.25) is 9.40 Å². The molecule has 2 amide bonds. The third kappa shape index (κ3) is 4.05. The van der Waals surface area contributed by atoms with Gasteiger partial charge in [0.25, 0.3) is 0 Å². The predicted octanol–water partition coefficient (Wildman–Crippen LogP) is 3.33. The number of carbonyl (C=O) groups is 1. The first-order chi connectivity index (χ1) is 13.5. The van der Waals surface area contributed by atoms with Crippen LogP contribution in [0.5, 0.6) is 0 Å². The molecule has 0 bridgehead atoms. The third-order valence-electron chi connectivity index (χ3n) is 5.73. The molecule has 4 rings (SSSR count). The van der Waals surface area contributed by atoms with Gasteiger partial charge in [-0.05, 0) is 80.9 Å². The maximum atomic E-state index is 12.6. The standard InChI is InChI=1S/C21H29N5OS/c1-25(2)11-10-16-13-19(23-26(16)3)28-24-21(27)22-20-17-8-4-6-14(17)12-15-7-5-9-18(15)20/h12-13H,4-11H2,1-3H3,(H2,22,24,27). The normalized spacial score (nSPS) is 15.0. The summed E-state index contributed by atoms with van der Waals surface area (Å²) in [5.74, 6) is 0. The summed E-state index contributed by atoms with van der Waals surface area (Å²) >= 11 is 1.28. The molecule has 7 heteroatoms. The smallest absolute Gasteiger partial charge is 0.309 e. The van der Waals surface area contributed by atoms with Crippen molar-refractivity contribution in [2.24, 2.45) is 7.05 Å². The van der Waals surface area contributed by atoms with Crippen molar-refractivity contribution >= 4 is 23.7 Å². The lowest BCUT2D eigenvalue weighted by atomic mass is 9.99. The SMILES string of the molecule is CN(C)CCc1cc(SNC(=O)Nc2c3c(cc4c2CCC4)CCC3)nn1C. The Morgan fingerprint density at radius 3 is 2.46 bits per heavy atom. The quantitative estimate of drug-likeness (QED) is 0.732. The molecule has 0 spiro atoms. The largest absolute Gasteiger partial charge is 0.329 e. The van der Waals surface area contributed by atoms with Gasteiger partial charge in [-0.2, -0.15) is 5.10 Å². The number of benzene rings is 1. The molecule has 2 N–H and O–H groups in total. The Bertz CT molecular complexity index is 857. The van der Waals surface area contributed by atoms with E-state index in [1.807, 2.05) is 17.8 Å². The lowest BCUT2D eigenvalue weighted by Gasteiger charge is -2.16. The Balaban J connectivity index is 1.40. The van der Waals surface area contributed by atoms with Gasteiger partial charge in [0, 0.05) is 43.3 Å². The number of urea groups is 1. The minimum absolute atomic E-state index is 0.167. The molecule has 2 aliphatic rings. The molecule has 150 valence electrons. The summed E-state index contributed by atoms with van der Waals surface area (Å²) in [5.41, 5.74) is 7.80. The fourth-order valence-corrected chi connectivity index (χ4v) is 4.91. The molecule has 1 heterocycles. The van der Waals surface area contributed by atoms with Crippen LogP contribution in [0.15, 0.2) is 17.2 Å². The molecule has 28 heavy (non-hydrogen) atoms. The number of amides is 2. The molecule has 0 fully saturated rings. The number of nitrogens with one attached hydrogen (secondary N) is 2. The average Bonchev–Trinajstić information content (AvgIpc) is 3.37. The van der Waals surface area contributed by atoms with Gasteiger partial charge in [-0.25, -0.2) is 4.79 Å². The zero-order valence-corrected chi connectivity index (χ0v) is 17.8. The number of likely N-dealkylation sites (N-methyl/N-ethyl adjacent to an activating group) is 1. The van der Waals surface area contributed by atoms with E-state index >= 15 is 0 Å². The lowest BCUT2D eigenvalue weighted by Crippen LogP contribution is -2.24. The van der Waals surface area contributed by atoms with Gasteiger partial charge >= 0.3 is 6.03 Å². The van der Waals surface area contributed by atoms with Gasteiger partial charge in [-0.1, -0.05) is 6.07 Å². The van der Waals surface area contributed by atoms with Gasteiger partial charge in [0.2, 0.25) is 0 Å². The molecule has 1 aromatic heterocycles. The zero-order chi connectivity index (χ0) is 19.7. The second kappa shape index (κ2) is 8.17. The van der Waals surface area contributed by atoms with Crippen molar-refractivity contribution in [1.82, 2.24) is 19.4 Å². The Hall–Kier alpha value is -1.99. The highest BCUT2D eigenvalue weighted by Gasteiger charge is 2.25. The van der Waals surface area contributed by atoms with E-state index < -0.39 is 0 Å². The summed E-state index contributed by atoms with van der Waals surface area (Å²) in [6.07, 6.45) is 7.72. The fraction of sp³-hybridized carbons (Fsp3) is 0.524. The zero-order valence-electron chi connectivity index (χ0n) is 17.0. The van der Waals surface area contributed by atoms with Crippen LogP contribution in [0.25, 0.3) is 0 Å². The first kappa shape index (κ1) is 19.3. The number of anilines is 1. The molecule has 0 unspecified atom stereocenters. The van der Waals surface area contributed by atoms with Crippen LogP contribution in [-0.2, 0) is 39.2 Å². The number of rotatable bonds is 6. The van der Waals surface area contributed by atoms with Crippen LogP contribution in [0.1, 0.15) is 40.8 Å². The number of aryl methyl sites for hydroxylation is 3. The highest BCUT2D eigenvalue weighted by atomic mass is 32.2. The summed E-state index contributed by atoms with van der Waals surface area (Å²) in [5, 5.41) is 8.48. The summed E-state index contributed by atoms with van der Waals surface area (Å²) in [6, 6.07) is 4.26. The first-order valence-corrected chi connectivity index (χ1v) is 10.9. The van der Waals surface area contributed by atoms with E-state index in [1.165, 1.54) is 47.0 Å². The molecule has 1 aromatic carbocycles. The van der Waals surface area contributed by atoms with Crippen molar-refractivity contribution < 1.29 is 4.79 Å². The highest BCUT2D eigenvalue weighted by Crippen LogP contribution is 2.38. The number of aromatic nitrogens is 2. The van der Waals surface area contributed by atoms with Crippen LogP contribution in [-0.4, -0.2) is 41.4 Å². The molecule has 0 radical (unpaired) electrons. The maximum absolute atomic E-state index is 12.6. The van der Waals surface area contributed by atoms with Crippen molar-refractivity contribution in [1.29, 1.82) is 0 Å². The second-order valence-corrected chi connectivity index (χ2v) is 8.87. The van der Waals surface area contributed by atoms with Crippen molar-refractivity contribution in [2.45, 2.75) is 50.0 Å². The molecule has 0 saturated heterocycles. The Labute approximate surface area is 171 Å². The van der Waals surface area contributed by atoms with Gasteiger partial charge in [0.15, 0.2) is 0 Å². The van der Waals surface area contributed by atoms with E-state index in [0.29, 0.717) is 0 Å². The van der Waals surface area contributed by atoms with Gasteiger partial charge < -0.3 is 10.2 Å². The molecule has 2 aromatic rings. The van der Waals surface area contributed by atoms with Crippen molar-refractivity contribution in [3.63, 3.8) is 0 Å². The summed E-state index contributed by atoms with van der Waals surface area (Å²) in [7, 11) is 6.08. The summed E-state index contributed by atoms with van der Waals surface area (Å²) in [6.45, 7) is 0.974. The van der Waals surface area contributed by atoms with Crippen LogP contribution in [0.2, 0.25) is 0 Å². The van der Waals surface area contributed by atoms with E-state index in [4.69, 9.17) is 0 Å². The topological polar surface area (TPSA) is 62.2 Å². The minimum atomic E-state index is -0.167. The average molecular weight is 400 g/mol. The number of hydrogen-bond acceptors (Lipinski definition) is 4. The molecular formula is C21H29N5OS. The van der Waals surface area contributed by atoms with E-state index in [9.17, 15) is 4.79 Å². The van der Waals surface area contributed by atoms with Crippen LogP contribution in [0, 0.1) is 0 Å². The summed E-state index contributed by atoms with van der Waals surface area (Å²) in [4.78, 5) is 14.8. The number of fused-ring (bicyclic) bond motifs is 2. The molecule has 0 saturated carbocycles. The number of hydrogen-bond donors (Lipinski definition) is 2. The van der Waals surface area contributed by atoms with E-state index in [2.05, 4.69) is 40.2 Å². The molecule has 0 aliphatic heterocycles. The van der Waals surface area contributed by atoms with Crippen LogP contribution >= 0.6 is 11.9 Å². The molecular weight excluding hydrogens is 370 g/mol. The Morgan fingerprint density at radius 1 is 1.14 bits per heavy atom. The predicted molar refractivity (Wildman–Crippen MR) is 114 cm³/mol. The third-order valence-corrected chi connectivity index (χ3v) is 6.43. The minimum Gasteiger partial charge on any atom is -0.309 e. The molecule has 2 aliphatic carbocycles. The second-order valence-electron chi connectivity index (χ2n) is 8.04. The van der Waals surface area contributed by atoms with E-state index in [0.717, 1.165) is 55.1 Å². The van der Waals surface area contributed by atoms with Crippen molar-refractivity contribution in [3.05, 3.63) is 40.1 Å². The lowest BCUT2D eigenvalue weighted by molar-refractivity contribution is 0.257. The van der Waals surface area contributed by atoms with Crippen molar-refractivity contribution in [2.75, 3.05) is 26.0 Å². The fourth-order valence-electron chi connectivity index (χ4n) is 4.30. The molecule has 6 nitrogen and oxygen atoms in total. The van der Waals surface area contributed by atoms with E-state index in [1.54, 1.807) is 0 Å². The number of nitrogens with zero attached hydrogens (tertiary/aromatic N) is 3. The Morgan fingerprint density at radius 2 is 1.82 bits per heavy atom. The van der Waals surface area contributed by atoms with Gasteiger partial charge in [-0.15, -0.1) is 0 Å². The van der Waals surface area contributed by atoms with Crippen LogP contribution < -0.4 is 10.0 Å². The first-order valence-electron chi connectivity index (χ1n) is 10.1. The van der Waals surface area contributed by atoms with E-state index in [-0.39, 0.29) is 6.03 Å². The van der Waals surface area contributed by atoms with Gasteiger partial charge in [0.1, 0.15) is 5.03 Å². The van der Waals surface area contributed by atoms with Gasteiger partial charge in [0.05, 0.1) is 0 Å². The summed E-state index contributed by atoms with van der Waals surface area (Å²) < 4.78 is 4.81. The van der Waals surface area contributed by atoms with Crippen molar-refractivity contribution in [3.8, 4) is 0 Å². The monoisotopic (exact) mass is 399 g/mol. The maximum Gasteiger partial charge on any atom is 0.329 e. The highest BCUT2D eigenvalue weighted by molar-refractivity contribution is 7.97. The number of carbonyl (C=O) groups excluding carboxylic acids is 1. The Kier molecular flexibility index (Phi) is 5.64. The van der Waals surface area contributed by atoms with Crippen LogP contribution in [0.3, 0.4) is 0 Å². The molecule has 0 atom stereocenters.